The maximum Gasteiger partial charge on any atom is 0.160 e. The number of rotatable bonds is 3. The Labute approximate surface area is 278 Å². The number of anilines is 2. The number of allylic oxidation sites excluding steroid dienone is 2. The highest BCUT2D eigenvalue weighted by Gasteiger charge is 2.52. The van der Waals surface area contributed by atoms with E-state index in [0.717, 1.165) is 33.5 Å². The van der Waals surface area contributed by atoms with Crippen molar-refractivity contribution in [3.8, 4) is 33.8 Å². The maximum atomic E-state index is 5.32. The molecule has 0 radical (unpaired) electrons. The van der Waals surface area contributed by atoms with Crippen LogP contribution in [0.3, 0.4) is 0 Å². The van der Waals surface area contributed by atoms with Gasteiger partial charge in [0.2, 0.25) is 0 Å². The van der Waals surface area contributed by atoms with Crippen LogP contribution in [0, 0.1) is 5.92 Å². The number of fused-ring (bicyclic) bond motifs is 8. The molecule has 1 aliphatic carbocycles. The molecule has 5 aromatic carbocycles. The van der Waals surface area contributed by atoms with Crippen LogP contribution in [-0.4, -0.2) is 16.0 Å². The van der Waals surface area contributed by atoms with E-state index in [2.05, 4.69) is 158 Å². The van der Waals surface area contributed by atoms with Crippen LogP contribution in [0.1, 0.15) is 24.3 Å². The summed E-state index contributed by atoms with van der Waals surface area (Å²) in [6.45, 7) is 4.83. The van der Waals surface area contributed by atoms with Crippen LogP contribution in [0.4, 0.5) is 11.4 Å². The molecule has 3 nitrogen and oxygen atoms in total. The lowest BCUT2D eigenvalue weighted by Crippen LogP contribution is -2.49. The second kappa shape index (κ2) is 9.84. The molecule has 0 bridgehead atoms. The van der Waals surface area contributed by atoms with Crippen molar-refractivity contribution in [1.82, 2.24) is 9.97 Å². The molecule has 2 aliphatic heterocycles. The number of thiophene rings is 1. The predicted molar refractivity (Wildman–Crippen MR) is 197 cm³/mol. The first-order valence-corrected chi connectivity index (χ1v) is 17.1. The van der Waals surface area contributed by atoms with Crippen molar-refractivity contribution in [2.24, 2.45) is 5.92 Å². The molecule has 10 rings (SSSR count). The number of hydrogen-bond acceptors (Lipinski definition) is 4. The van der Waals surface area contributed by atoms with E-state index >= 15 is 0 Å². The topological polar surface area (TPSA) is 29.0 Å². The largest absolute Gasteiger partial charge is 0.331 e. The Morgan fingerprint density at radius 1 is 0.681 bits per heavy atom. The number of nitrogens with zero attached hydrogens (tertiary/aromatic N) is 3. The van der Waals surface area contributed by atoms with Gasteiger partial charge in [-0.1, -0.05) is 117 Å². The average Bonchev–Trinajstić information content (AvgIpc) is 3.66. The van der Waals surface area contributed by atoms with Crippen molar-refractivity contribution in [3.63, 3.8) is 0 Å². The molecule has 7 aromatic rings. The van der Waals surface area contributed by atoms with Gasteiger partial charge >= 0.3 is 0 Å². The molecule has 0 spiro atoms. The highest BCUT2D eigenvalue weighted by molar-refractivity contribution is 7.21. The van der Waals surface area contributed by atoms with Crippen LogP contribution < -0.4 is 4.90 Å². The van der Waals surface area contributed by atoms with E-state index in [1.807, 2.05) is 11.3 Å². The van der Waals surface area contributed by atoms with Gasteiger partial charge in [-0.15, -0.1) is 11.3 Å². The van der Waals surface area contributed by atoms with Gasteiger partial charge in [0.15, 0.2) is 5.82 Å². The summed E-state index contributed by atoms with van der Waals surface area (Å²) in [6.07, 6.45) is 7.06. The van der Waals surface area contributed by atoms with Crippen molar-refractivity contribution >= 4 is 49.3 Å². The minimum absolute atomic E-state index is 0.0871. The Hall–Kier alpha value is -5.32. The van der Waals surface area contributed by atoms with E-state index in [1.165, 1.54) is 48.6 Å². The van der Waals surface area contributed by atoms with Crippen LogP contribution in [-0.2, 0) is 5.41 Å². The van der Waals surface area contributed by atoms with Gasteiger partial charge in [-0.2, -0.15) is 0 Å². The molecule has 2 unspecified atom stereocenters. The van der Waals surface area contributed by atoms with Gasteiger partial charge in [-0.25, -0.2) is 9.97 Å². The van der Waals surface area contributed by atoms with Crippen molar-refractivity contribution in [2.75, 3.05) is 4.90 Å². The monoisotopic (exact) mass is 621 g/mol. The van der Waals surface area contributed by atoms with Crippen LogP contribution in [0.25, 0.3) is 60.3 Å². The van der Waals surface area contributed by atoms with Gasteiger partial charge in [0.1, 0.15) is 0 Å². The molecule has 0 amide bonds. The fraction of sp³-hybridized carbons (Fsp3) is 0.116. The standard InChI is InChI=1S/C43H31N3S/c1-43(2)33-19-11-18-32-39(33)46(40-31-17-7-9-21-37(31)47-41(32)40)36-23-22-29(25-34(36)43)42-44-35-20-8-6-16-30(35)38(45-42)28-15-10-14-27(24-28)26-12-4-3-5-13-26/h3-25,33,39H,1-2H3. The highest BCUT2D eigenvalue weighted by Crippen LogP contribution is 2.62. The van der Waals surface area contributed by atoms with Crippen LogP contribution in [0.15, 0.2) is 140 Å². The van der Waals surface area contributed by atoms with Gasteiger partial charge < -0.3 is 4.90 Å². The number of benzene rings is 5. The maximum absolute atomic E-state index is 5.32. The van der Waals surface area contributed by atoms with Crippen molar-refractivity contribution in [1.29, 1.82) is 0 Å². The zero-order valence-electron chi connectivity index (χ0n) is 26.2. The Balaban J connectivity index is 1.16. The van der Waals surface area contributed by atoms with Gasteiger partial charge in [0, 0.05) is 43.6 Å². The first kappa shape index (κ1) is 26.9. The Kier molecular flexibility index (Phi) is 5.62. The lowest BCUT2D eigenvalue weighted by molar-refractivity contribution is 0.341. The van der Waals surface area contributed by atoms with Gasteiger partial charge in [0.05, 0.1) is 27.8 Å². The smallest absolute Gasteiger partial charge is 0.160 e. The molecule has 0 N–H and O–H groups in total. The zero-order valence-corrected chi connectivity index (χ0v) is 27.0. The minimum atomic E-state index is -0.0871. The summed E-state index contributed by atoms with van der Waals surface area (Å²) in [5.41, 5.74) is 11.8. The first-order valence-electron chi connectivity index (χ1n) is 16.3. The first-order chi connectivity index (χ1) is 23.1. The SMILES string of the molecule is CC1(C)c2cc(-c3nc(-c4cccc(-c5ccccc5)c4)c4ccccc4n3)ccc2N2c3c(sc4ccccc34)C3=CC=CC1C32. The molecule has 0 saturated carbocycles. The Morgan fingerprint density at radius 3 is 2.34 bits per heavy atom. The van der Waals surface area contributed by atoms with E-state index in [0.29, 0.717) is 12.0 Å². The Bertz CT molecular complexity index is 2470. The fourth-order valence-electron chi connectivity index (χ4n) is 8.18. The van der Waals surface area contributed by atoms with Crippen molar-refractivity contribution in [3.05, 3.63) is 150 Å². The van der Waals surface area contributed by atoms with Crippen LogP contribution >= 0.6 is 11.3 Å². The van der Waals surface area contributed by atoms with Crippen LogP contribution in [0.5, 0.6) is 0 Å². The molecule has 0 fully saturated rings. The summed E-state index contributed by atoms with van der Waals surface area (Å²) >= 11 is 1.93. The number of aromatic nitrogens is 2. The molecule has 47 heavy (non-hydrogen) atoms. The molecular formula is C43H31N3S. The molecule has 0 saturated heterocycles. The average molecular weight is 622 g/mol. The molecule has 2 aromatic heterocycles. The summed E-state index contributed by atoms with van der Waals surface area (Å²) in [6, 6.07) is 43.7. The fourth-order valence-corrected chi connectivity index (χ4v) is 9.43. The third-order valence-electron chi connectivity index (χ3n) is 10.5. The second-order valence-corrected chi connectivity index (χ2v) is 14.5. The van der Waals surface area contributed by atoms with Crippen molar-refractivity contribution < 1.29 is 0 Å². The van der Waals surface area contributed by atoms with Gasteiger partial charge in [0.25, 0.3) is 0 Å². The summed E-state index contributed by atoms with van der Waals surface area (Å²) in [5, 5.41) is 2.40. The summed E-state index contributed by atoms with van der Waals surface area (Å²) in [4.78, 5) is 14.5. The molecule has 4 heteroatoms. The molecule has 2 atom stereocenters. The Morgan fingerprint density at radius 2 is 1.45 bits per heavy atom. The molecule has 224 valence electrons. The summed E-state index contributed by atoms with van der Waals surface area (Å²) in [5.74, 6) is 1.10. The quantitative estimate of drug-likeness (QED) is 0.197. The van der Waals surface area contributed by atoms with E-state index < -0.39 is 0 Å². The highest BCUT2D eigenvalue weighted by atomic mass is 32.1. The van der Waals surface area contributed by atoms with E-state index in [9.17, 15) is 0 Å². The lowest BCUT2D eigenvalue weighted by Gasteiger charge is -2.49. The van der Waals surface area contributed by atoms with E-state index in [1.54, 1.807) is 0 Å². The summed E-state index contributed by atoms with van der Waals surface area (Å²) in [7, 11) is 0. The minimum Gasteiger partial charge on any atom is -0.331 e. The van der Waals surface area contributed by atoms with E-state index in [4.69, 9.17) is 9.97 Å². The van der Waals surface area contributed by atoms with Crippen molar-refractivity contribution in [2.45, 2.75) is 25.3 Å². The number of hydrogen-bond donors (Lipinski definition) is 0. The lowest BCUT2D eigenvalue weighted by atomic mass is 9.64. The molecular weight excluding hydrogens is 591 g/mol. The summed E-state index contributed by atoms with van der Waals surface area (Å²) < 4.78 is 1.35. The van der Waals surface area contributed by atoms with E-state index in [-0.39, 0.29) is 5.41 Å². The third kappa shape index (κ3) is 3.85. The normalized spacial score (nSPS) is 18.6. The third-order valence-corrected chi connectivity index (χ3v) is 11.7. The number of para-hydroxylation sites is 1. The predicted octanol–water partition coefficient (Wildman–Crippen LogP) is 11.2. The second-order valence-electron chi connectivity index (χ2n) is 13.4. The van der Waals surface area contributed by atoms with Gasteiger partial charge in [-0.3, -0.25) is 0 Å². The van der Waals surface area contributed by atoms with Gasteiger partial charge in [-0.05, 0) is 58.7 Å². The molecule has 4 heterocycles. The van der Waals surface area contributed by atoms with Crippen LogP contribution in [0.2, 0.25) is 0 Å². The molecule has 3 aliphatic rings. The zero-order chi connectivity index (χ0) is 31.3.